The maximum Gasteiger partial charge on any atom is 0.291 e. The second-order valence-electron chi connectivity index (χ2n) is 6.55. The number of halogens is 2. The molecule has 0 amide bonds. The maximum absolute atomic E-state index is 12.7. The summed E-state index contributed by atoms with van der Waals surface area (Å²) in [6.07, 6.45) is 2.26. The summed E-state index contributed by atoms with van der Waals surface area (Å²) < 4.78 is 28.9. The van der Waals surface area contributed by atoms with Crippen molar-refractivity contribution in [1.82, 2.24) is 9.78 Å². The summed E-state index contributed by atoms with van der Waals surface area (Å²) in [5.74, 6) is 0.409. The van der Waals surface area contributed by atoms with Crippen molar-refractivity contribution in [2.75, 3.05) is 4.72 Å². The first-order chi connectivity index (χ1) is 13.7. The molecule has 29 heavy (non-hydrogen) atoms. The Labute approximate surface area is 179 Å². The van der Waals surface area contributed by atoms with Crippen molar-refractivity contribution in [1.29, 1.82) is 0 Å². The molecule has 0 aliphatic rings. The van der Waals surface area contributed by atoms with Crippen LogP contribution in [-0.4, -0.2) is 18.2 Å². The third-order valence-corrected chi connectivity index (χ3v) is 6.76. The van der Waals surface area contributed by atoms with E-state index in [4.69, 9.17) is 23.2 Å². The summed E-state index contributed by atoms with van der Waals surface area (Å²) in [6, 6.07) is 13.0. The molecule has 0 bridgehead atoms. The van der Waals surface area contributed by atoms with Crippen LogP contribution in [0.3, 0.4) is 0 Å². The topological polar surface area (TPSA) is 81.1 Å². The second kappa shape index (κ2) is 8.57. The lowest BCUT2D eigenvalue weighted by Gasteiger charge is -2.12. The monoisotopic (exact) mass is 451 g/mol. The molecular formula is C20H19Cl2N3O3S. The van der Waals surface area contributed by atoms with Gasteiger partial charge in [-0.05, 0) is 54.3 Å². The molecule has 0 aliphatic carbocycles. The van der Waals surface area contributed by atoms with E-state index in [1.165, 1.54) is 30.5 Å². The van der Waals surface area contributed by atoms with Gasteiger partial charge in [0.1, 0.15) is 5.02 Å². The van der Waals surface area contributed by atoms with E-state index < -0.39 is 15.6 Å². The van der Waals surface area contributed by atoms with E-state index in [1.54, 1.807) is 12.1 Å². The lowest BCUT2D eigenvalue weighted by molar-refractivity contribution is 0.601. The third kappa shape index (κ3) is 4.63. The van der Waals surface area contributed by atoms with Crippen LogP contribution >= 0.6 is 23.2 Å². The molecule has 1 heterocycles. The molecular weight excluding hydrogens is 433 g/mol. The Morgan fingerprint density at radius 3 is 2.28 bits per heavy atom. The van der Waals surface area contributed by atoms with Crippen molar-refractivity contribution in [3.05, 3.63) is 80.7 Å². The van der Waals surface area contributed by atoms with E-state index in [0.717, 1.165) is 16.7 Å². The number of hydrogen-bond acceptors (Lipinski definition) is 4. The summed E-state index contributed by atoms with van der Waals surface area (Å²) in [5.41, 5.74) is 1.41. The fraction of sp³-hybridized carbons (Fsp3) is 0.200. The smallest absolute Gasteiger partial charge is 0.280 e. The van der Waals surface area contributed by atoms with Gasteiger partial charge < -0.3 is 0 Å². The van der Waals surface area contributed by atoms with E-state index in [2.05, 4.69) is 23.7 Å². The molecule has 1 unspecified atom stereocenters. The molecule has 1 aromatic heterocycles. The average molecular weight is 452 g/mol. The molecule has 0 aliphatic heterocycles. The molecule has 1 N–H and O–H groups in total. The third-order valence-electron chi connectivity index (χ3n) is 4.61. The molecule has 6 nitrogen and oxygen atoms in total. The van der Waals surface area contributed by atoms with Crippen LogP contribution in [0.15, 0.2) is 64.4 Å². The minimum Gasteiger partial charge on any atom is -0.280 e. The van der Waals surface area contributed by atoms with Gasteiger partial charge in [0.2, 0.25) is 0 Å². The molecule has 3 aromatic rings. The number of sulfonamides is 1. The van der Waals surface area contributed by atoms with Crippen molar-refractivity contribution in [2.24, 2.45) is 0 Å². The lowest BCUT2D eigenvalue weighted by atomic mass is 9.99. The van der Waals surface area contributed by atoms with Crippen LogP contribution in [0.5, 0.6) is 0 Å². The Morgan fingerprint density at radius 1 is 1.07 bits per heavy atom. The SMILES string of the molecule is CCC(C)c1ccc(NS(=O)(=O)c2ccc(-n3ncc(Cl)c(Cl)c3=O)cc2)cc1. The van der Waals surface area contributed by atoms with Crippen molar-refractivity contribution in [3.8, 4) is 5.69 Å². The predicted octanol–water partition coefficient (Wildman–Crippen LogP) is 4.85. The van der Waals surface area contributed by atoms with Gasteiger partial charge in [0.15, 0.2) is 0 Å². The fourth-order valence-corrected chi connectivity index (χ4v) is 4.00. The highest BCUT2D eigenvalue weighted by Gasteiger charge is 2.16. The van der Waals surface area contributed by atoms with Crippen LogP contribution in [0, 0.1) is 0 Å². The second-order valence-corrected chi connectivity index (χ2v) is 9.02. The van der Waals surface area contributed by atoms with Gasteiger partial charge in [-0.2, -0.15) is 9.78 Å². The number of hydrogen-bond donors (Lipinski definition) is 1. The number of nitrogens with one attached hydrogen (secondary N) is 1. The zero-order valence-corrected chi connectivity index (χ0v) is 18.1. The van der Waals surface area contributed by atoms with Gasteiger partial charge in [0.05, 0.1) is 21.8 Å². The Hall–Kier alpha value is -2.35. The van der Waals surface area contributed by atoms with Crippen molar-refractivity contribution < 1.29 is 8.42 Å². The number of benzene rings is 2. The molecule has 9 heteroatoms. The van der Waals surface area contributed by atoms with Crippen LogP contribution in [-0.2, 0) is 10.0 Å². The Bertz CT molecular complexity index is 1180. The highest BCUT2D eigenvalue weighted by molar-refractivity contribution is 7.92. The molecule has 0 spiro atoms. The first-order valence-corrected chi connectivity index (χ1v) is 11.1. The van der Waals surface area contributed by atoms with Gasteiger partial charge in [-0.15, -0.1) is 0 Å². The fourth-order valence-electron chi connectivity index (χ4n) is 2.69. The van der Waals surface area contributed by atoms with Crippen molar-refractivity contribution in [3.63, 3.8) is 0 Å². The predicted molar refractivity (Wildman–Crippen MR) is 116 cm³/mol. The molecule has 0 saturated heterocycles. The minimum absolute atomic E-state index is 0.0515. The van der Waals surface area contributed by atoms with Gasteiger partial charge in [-0.1, -0.05) is 49.2 Å². The Kier molecular flexibility index (Phi) is 6.31. The van der Waals surface area contributed by atoms with Crippen LogP contribution in [0.1, 0.15) is 31.7 Å². The number of aromatic nitrogens is 2. The molecule has 0 saturated carbocycles. The molecule has 152 valence electrons. The normalized spacial score (nSPS) is 12.6. The highest BCUT2D eigenvalue weighted by Crippen LogP contribution is 2.23. The van der Waals surface area contributed by atoms with Crippen LogP contribution in [0.4, 0.5) is 5.69 Å². The van der Waals surface area contributed by atoms with Gasteiger partial charge in [0.25, 0.3) is 15.6 Å². The zero-order chi connectivity index (χ0) is 21.2. The van der Waals surface area contributed by atoms with Crippen LogP contribution in [0.25, 0.3) is 5.69 Å². The van der Waals surface area contributed by atoms with E-state index >= 15 is 0 Å². The van der Waals surface area contributed by atoms with Crippen LogP contribution < -0.4 is 10.3 Å². The minimum atomic E-state index is -3.78. The molecule has 3 rings (SSSR count). The van der Waals surface area contributed by atoms with Gasteiger partial charge in [-0.25, -0.2) is 8.42 Å². The summed E-state index contributed by atoms with van der Waals surface area (Å²) in [4.78, 5) is 12.2. The number of rotatable bonds is 6. The summed E-state index contributed by atoms with van der Waals surface area (Å²) >= 11 is 11.6. The summed E-state index contributed by atoms with van der Waals surface area (Å²) in [7, 11) is -3.78. The largest absolute Gasteiger partial charge is 0.291 e. The average Bonchev–Trinajstić information content (AvgIpc) is 2.72. The van der Waals surface area contributed by atoms with E-state index in [9.17, 15) is 13.2 Å². The zero-order valence-electron chi connectivity index (χ0n) is 15.8. The van der Waals surface area contributed by atoms with Gasteiger partial charge in [0, 0.05) is 5.69 Å². The summed E-state index contributed by atoms with van der Waals surface area (Å²) in [6.45, 7) is 4.22. The molecule has 1 atom stereocenters. The summed E-state index contributed by atoms with van der Waals surface area (Å²) in [5, 5.41) is 3.82. The lowest BCUT2D eigenvalue weighted by Crippen LogP contribution is -2.21. The maximum atomic E-state index is 12.7. The first kappa shape index (κ1) is 21.4. The molecule has 2 aromatic carbocycles. The quantitative estimate of drug-likeness (QED) is 0.580. The van der Waals surface area contributed by atoms with Gasteiger partial charge in [-0.3, -0.25) is 9.52 Å². The van der Waals surface area contributed by atoms with E-state index in [-0.39, 0.29) is 14.9 Å². The Balaban J connectivity index is 1.83. The van der Waals surface area contributed by atoms with Crippen LogP contribution in [0.2, 0.25) is 10.0 Å². The standard InChI is InChI=1S/C20H19Cl2N3O3S/c1-3-13(2)14-4-6-15(7-5-14)24-29(27,28)17-10-8-16(9-11-17)25-20(26)19(22)18(21)12-23-25/h4-13,24H,3H2,1-2H3. The van der Waals surface area contributed by atoms with Crippen molar-refractivity contribution in [2.45, 2.75) is 31.1 Å². The van der Waals surface area contributed by atoms with E-state index in [0.29, 0.717) is 17.3 Å². The molecule has 0 fully saturated rings. The first-order valence-electron chi connectivity index (χ1n) is 8.89. The van der Waals surface area contributed by atoms with Gasteiger partial charge >= 0.3 is 0 Å². The number of nitrogens with zero attached hydrogens (tertiary/aromatic N) is 2. The van der Waals surface area contributed by atoms with E-state index in [1.807, 2.05) is 12.1 Å². The highest BCUT2D eigenvalue weighted by atomic mass is 35.5. The number of anilines is 1. The molecule has 0 radical (unpaired) electrons. The van der Waals surface area contributed by atoms with Crippen molar-refractivity contribution >= 4 is 38.9 Å². The Morgan fingerprint density at radius 2 is 1.69 bits per heavy atom.